The highest BCUT2D eigenvalue weighted by molar-refractivity contribution is 7.11. The number of hydrogen-bond acceptors (Lipinski definition) is 5. The molecule has 1 unspecified atom stereocenters. The number of hydrogen-bond donors (Lipinski definition) is 1. The lowest BCUT2D eigenvalue weighted by Crippen LogP contribution is -2.08. The summed E-state index contributed by atoms with van der Waals surface area (Å²) in [6.45, 7) is 8.08. The lowest BCUT2D eigenvalue weighted by molar-refractivity contribution is 0.872. The molecule has 0 radical (unpaired) electrons. The van der Waals surface area contributed by atoms with Crippen molar-refractivity contribution in [2.75, 3.05) is 5.32 Å². The lowest BCUT2D eigenvalue weighted by Gasteiger charge is -2.13. The van der Waals surface area contributed by atoms with Crippen molar-refractivity contribution in [2.24, 2.45) is 0 Å². The number of aryl methyl sites for hydroxylation is 3. The fraction of sp³-hybridized carbons (Fsp3) is 0.417. The number of nitrogens with zero attached hydrogens (tertiary/aromatic N) is 3. The maximum Gasteiger partial charge on any atom is 0.130 e. The van der Waals surface area contributed by atoms with E-state index < -0.39 is 0 Å². The molecule has 0 amide bonds. The van der Waals surface area contributed by atoms with Crippen molar-refractivity contribution in [1.29, 1.82) is 0 Å². The zero-order valence-electron chi connectivity index (χ0n) is 10.5. The highest BCUT2D eigenvalue weighted by Gasteiger charge is 2.13. The minimum absolute atomic E-state index is 0.218. The van der Waals surface area contributed by atoms with Crippen LogP contribution in [-0.2, 0) is 0 Å². The van der Waals surface area contributed by atoms with E-state index in [1.165, 1.54) is 4.88 Å². The quantitative estimate of drug-likeness (QED) is 0.907. The Morgan fingerprint density at radius 2 is 2.00 bits per heavy atom. The van der Waals surface area contributed by atoms with Gasteiger partial charge in [-0.3, -0.25) is 0 Å². The van der Waals surface area contributed by atoms with Crippen LogP contribution in [0, 0.1) is 20.8 Å². The average Bonchev–Trinajstić information content (AvgIpc) is 2.58. The monoisotopic (exact) mass is 248 g/mol. The van der Waals surface area contributed by atoms with Gasteiger partial charge in [0.05, 0.1) is 16.7 Å². The van der Waals surface area contributed by atoms with E-state index in [4.69, 9.17) is 0 Å². The van der Waals surface area contributed by atoms with Gasteiger partial charge in [-0.1, -0.05) is 0 Å². The van der Waals surface area contributed by atoms with Gasteiger partial charge in [0.15, 0.2) is 0 Å². The Kier molecular flexibility index (Phi) is 3.38. The van der Waals surface area contributed by atoms with Crippen molar-refractivity contribution in [1.82, 2.24) is 15.0 Å². The maximum absolute atomic E-state index is 4.44. The molecule has 2 aromatic heterocycles. The number of thiazole rings is 1. The molecule has 2 aromatic rings. The smallest absolute Gasteiger partial charge is 0.130 e. The minimum atomic E-state index is 0.218. The Labute approximate surface area is 105 Å². The van der Waals surface area contributed by atoms with Crippen molar-refractivity contribution in [3.8, 4) is 0 Å². The molecular formula is C12H16N4S. The van der Waals surface area contributed by atoms with Crippen LogP contribution in [0.1, 0.15) is 34.4 Å². The second kappa shape index (κ2) is 4.79. The number of nitrogens with one attached hydrogen (secondary N) is 1. The molecule has 2 heterocycles. The average molecular weight is 248 g/mol. The highest BCUT2D eigenvalue weighted by Crippen LogP contribution is 2.26. The van der Waals surface area contributed by atoms with Gasteiger partial charge < -0.3 is 5.32 Å². The Morgan fingerprint density at radius 3 is 2.59 bits per heavy atom. The summed E-state index contributed by atoms with van der Waals surface area (Å²) in [5.74, 6) is 1.63. The molecule has 4 nitrogen and oxygen atoms in total. The number of rotatable bonds is 3. The van der Waals surface area contributed by atoms with E-state index in [2.05, 4.69) is 27.2 Å². The van der Waals surface area contributed by atoms with Crippen LogP contribution < -0.4 is 5.32 Å². The summed E-state index contributed by atoms with van der Waals surface area (Å²) in [7, 11) is 0. The molecule has 0 aliphatic rings. The number of aromatic nitrogens is 3. The number of anilines is 1. The normalized spacial score (nSPS) is 12.5. The van der Waals surface area contributed by atoms with Crippen LogP contribution in [0.25, 0.3) is 0 Å². The van der Waals surface area contributed by atoms with Crippen LogP contribution >= 0.6 is 11.3 Å². The third-order valence-electron chi connectivity index (χ3n) is 2.47. The van der Waals surface area contributed by atoms with E-state index in [1.807, 2.05) is 26.8 Å². The lowest BCUT2D eigenvalue weighted by atomic mass is 10.2. The molecule has 90 valence electrons. The summed E-state index contributed by atoms with van der Waals surface area (Å²) in [5.41, 5.74) is 1.10. The fourth-order valence-corrected chi connectivity index (χ4v) is 2.70. The van der Waals surface area contributed by atoms with Crippen molar-refractivity contribution < 1.29 is 0 Å². The zero-order chi connectivity index (χ0) is 12.4. The van der Waals surface area contributed by atoms with Crippen LogP contribution in [0.15, 0.2) is 12.3 Å². The van der Waals surface area contributed by atoms with Gasteiger partial charge in [0.25, 0.3) is 0 Å². The first-order chi connectivity index (χ1) is 8.06. The molecule has 0 saturated heterocycles. The molecular weight excluding hydrogens is 232 g/mol. The van der Waals surface area contributed by atoms with Crippen LogP contribution in [0.4, 0.5) is 5.82 Å². The summed E-state index contributed by atoms with van der Waals surface area (Å²) in [4.78, 5) is 14.1. The predicted octanol–water partition coefficient (Wildman–Crippen LogP) is 3.03. The van der Waals surface area contributed by atoms with Crippen molar-refractivity contribution in [2.45, 2.75) is 33.7 Å². The molecule has 2 rings (SSSR count). The molecule has 0 bridgehead atoms. The third kappa shape index (κ3) is 2.79. The summed E-state index contributed by atoms with van der Waals surface area (Å²) < 4.78 is 0. The molecule has 0 aliphatic heterocycles. The van der Waals surface area contributed by atoms with Crippen LogP contribution in [0.5, 0.6) is 0 Å². The van der Waals surface area contributed by atoms with Crippen LogP contribution in [-0.4, -0.2) is 15.0 Å². The second-order valence-corrected chi connectivity index (χ2v) is 5.27. The van der Waals surface area contributed by atoms with Crippen LogP contribution in [0.2, 0.25) is 0 Å². The van der Waals surface area contributed by atoms with Crippen molar-refractivity contribution in [3.05, 3.63) is 33.7 Å². The molecule has 0 aliphatic carbocycles. The SMILES string of the molecule is Cc1nccc(NC(C)c2sc(C)nc2C)n1. The van der Waals surface area contributed by atoms with Gasteiger partial charge in [0.1, 0.15) is 11.6 Å². The Morgan fingerprint density at radius 1 is 1.24 bits per heavy atom. The topological polar surface area (TPSA) is 50.7 Å². The Hall–Kier alpha value is -1.49. The van der Waals surface area contributed by atoms with Gasteiger partial charge in [-0.25, -0.2) is 15.0 Å². The van der Waals surface area contributed by atoms with Crippen molar-refractivity contribution >= 4 is 17.2 Å². The first-order valence-corrected chi connectivity index (χ1v) is 6.38. The molecule has 0 spiro atoms. The molecule has 0 saturated carbocycles. The summed E-state index contributed by atoms with van der Waals surface area (Å²) >= 11 is 1.73. The van der Waals surface area contributed by atoms with E-state index >= 15 is 0 Å². The molecule has 17 heavy (non-hydrogen) atoms. The van der Waals surface area contributed by atoms with Gasteiger partial charge >= 0.3 is 0 Å². The first kappa shape index (κ1) is 12.0. The fourth-order valence-electron chi connectivity index (χ4n) is 1.77. The predicted molar refractivity (Wildman–Crippen MR) is 70.4 cm³/mol. The van der Waals surface area contributed by atoms with Crippen LogP contribution in [0.3, 0.4) is 0 Å². The Bertz CT molecular complexity index is 521. The molecule has 5 heteroatoms. The van der Waals surface area contributed by atoms with Crippen molar-refractivity contribution in [3.63, 3.8) is 0 Å². The van der Waals surface area contributed by atoms with E-state index in [9.17, 15) is 0 Å². The van der Waals surface area contributed by atoms with E-state index in [1.54, 1.807) is 17.5 Å². The van der Waals surface area contributed by atoms with E-state index in [0.29, 0.717) is 0 Å². The molecule has 0 aromatic carbocycles. The largest absolute Gasteiger partial charge is 0.363 e. The molecule has 1 atom stereocenters. The van der Waals surface area contributed by atoms with Gasteiger partial charge in [-0.2, -0.15) is 0 Å². The molecule has 1 N–H and O–H groups in total. The highest BCUT2D eigenvalue weighted by atomic mass is 32.1. The zero-order valence-corrected chi connectivity index (χ0v) is 11.3. The van der Waals surface area contributed by atoms with Gasteiger partial charge in [-0.05, 0) is 33.8 Å². The summed E-state index contributed by atoms with van der Waals surface area (Å²) in [6, 6.07) is 2.10. The van der Waals surface area contributed by atoms with E-state index in [-0.39, 0.29) is 6.04 Å². The molecule has 0 fully saturated rings. The minimum Gasteiger partial charge on any atom is -0.363 e. The van der Waals surface area contributed by atoms with E-state index in [0.717, 1.165) is 22.3 Å². The second-order valence-electron chi connectivity index (χ2n) is 4.04. The maximum atomic E-state index is 4.44. The first-order valence-electron chi connectivity index (χ1n) is 5.56. The van der Waals surface area contributed by atoms with Gasteiger partial charge in [0.2, 0.25) is 0 Å². The Balaban J connectivity index is 2.16. The third-order valence-corrected chi connectivity index (χ3v) is 3.73. The summed E-state index contributed by atoms with van der Waals surface area (Å²) in [6.07, 6.45) is 1.77. The standard InChI is InChI=1S/C12H16N4S/c1-7-12(17-10(4)14-7)8(2)15-11-5-6-13-9(3)16-11/h5-6,8H,1-4H3,(H,13,15,16). The summed E-state index contributed by atoms with van der Waals surface area (Å²) in [5, 5.41) is 4.47. The van der Waals surface area contributed by atoms with Gasteiger partial charge in [0, 0.05) is 11.1 Å². The van der Waals surface area contributed by atoms with Gasteiger partial charge in [-0.15, -0.1) is 11.3 Å².